The van der Waals surface area contributed by atoms with Gasteiger partial charge in [0.15, 0.2) is 0 Å². The Morgan fingerprint density at radius 2 is 2.00 bits per heavy atom. The van der Waals surface area contributed by atoms with E-state index in [0.29, 0.717) is 6.61 Å². The zero-order valence-electron chi connectivity index (χ0n) is 15.7. The first kappa shape index (κ1) is 16.6. The number of fused-ring (bicyclic) bond motifs is 2. The molecule has 0 saturated carbocycles. The number of hydrogen-bond donors (Lipinski definition) is 0. The van der Waals surface area contributed by atoms with Gasteiger partial charge >= 0.3 is 0 Å². The smallest absolute Gasteiger partial charge is 0.136 e. The largest absolute Gasteiger partial charge is 0.487 e. The van der Waals surface area contributed by atoms with Crippen LogP contribution in [0, 0.1) is 13.8 Å². The molecule has 134 valence electrons. The van der Waals surface area contributed by atoms with Crippen molar-refractivity contribution in [1.29, 1.82) is 0 Å². The molecular weight excluding hydrogens is 326 g/mol. The van der Waals surface area contributed by atoms with Crippen LogP contribution in [0.15, 0.2) is 30.5 Å². The van der Waals surface area contributed by atoms with Crippen molar-refractivity contribution in [3.8, 4) is 5.75 Å². The average Bonchev–Trinajstić information content (AvgIpc) is 2.81. The molecule has 26 heavy (non-hydrogen) atoms. The van der Waals surface area contributed by atoms with E-state index in [2.05, 4.69) is 34.3 Å². The molecule has 1 aliphatic rings. The number of nitrogens with zero attached hydrogens (tertiary/aromatic N) is 5. The van der Waals surface area contributed by atoms with Crippen LogP contribution in [0.25, 0.3) is 0 Å². The molecule has 0 bridgehead atoms. The predicted octanol–water partition coefficient (Wildman–Crippen LogP) is 2.95. The van der Waals surface area contributed by atoms with Gasteiger partial charge in [-0.2, -0.15) is 5.10 Å². The lowest BCUT2D eigenvalue weighted by molar-refractivity contribution is 0.301. The summed E-state index contributed by atoms with van der Waals surface area (Å²) in [5.74, 6) is 2.67. The summed E-state index contributed by atoms with van der Waals surface area (Å²) in [5.41, 5.74) is 5.53. The second-order valence-corrected chi connectivity index (χ2v) is 6.86. The Bertz CT molecular complexity index is 963. The lowest BCUT2D eigenvalue weighted by Gasteiger charge is -2.22. The van der Waals surface area contributed by atoms with Crippen molar-refractivity contribution in [1.82, 2.24) is 19.7 Å². The molecular formula is C20H23N5O. The van der Waals surface area contributed by atoms with Crippen LogP contribution in [0.5, 0.6) is 5.75 Å². The Morgan fingerprint density at radius 1 is 1.19 bits per heavy atom. The number of aryl methyl sites for hydroxylation is 3. The highest BCUT2D eigenvalue weighted by atomic mass is 16.5. The van der Waals surface area contributed by atoms with Crippen molar-refractivity contribution in [2.75, 3.05) is 11.9 Å². The summed E-state index contributed by atoms with van der Waals surface area (Å²) >= 11 is 0. The average molecular weight is 349 g/mol. The molecule has 3 aromatic rings. The maximum atomic E-state index is 5.98. The first-order chi connectivity index (χ1) is 12.5. The minimum Gasteiger partial charge on any atom is -0.487 e. The molecule has 0 unspecified atom stereocenters. The molecule has 2 aromatic heterocycles. The monoisotopic (exact) mass is 349 g/mol. The first-order valence-electron chi connectivity index (χ1n) is 8.78. The van der Waals surface area contributed by atoms with Crippen molar-refractivity contribution < 1.29 is 4.74 Å². The van der Waals surface area contributed by atoms with E-state index in [9.17, 15) is 0 Å². The van der Waals surface area contributed by atoms with Crippen molar-refractivity contribution in [2.24, 2.45) is 7.05 Å². The van der Waals surface area contributed by atoms with E-state index in [1.807, 2.05) is 43.8 Å². The second kappa shape index (κ2) is 6.44. The molecule has 0 amide bonds. The number of rotatable bonds is 3. The van der Waals surface area contributed by atoms with Crippen molar-refractivity contribution >= 4 is 5.82 Å². The van der Waals surface area contributed by atoms with Gasteiger partial charge in [0.25, 0.3) is 0 Å². The molecule has 0 N–H and O–H groups in total. The fraction of sp³-hybridized carbons (Fsp3) is 0.350. The molecule has 0 spiro atoms. The number of anilines is 1. The topological polar surface area (TPSA) is 56.1 Å². The predicted molar refractivity (Wildman–Crippen MR) is 100 cm³/mol. The minimum absolute atomic E-state index is 0.475. The third-order valence-corrected chi connectivity index (χ3v) is 4.77. The van der Waals surface area contributed by atoms with Gasteiger partial charge in [0.05, 0.1) is 11.4 Å². The molecule has 3 heterocycles. The van der Waals surface area contributed by atoms with Crippen LogP contribution in [0.3, 0.4) is 0 Å². The van der Waals surface area contributed by atoms with Crippen LogP contribution in [0.2, 0.25) is 0 Å². The fourth-order valence-corrected chi connectivity index (χ4v) is 3.52. The number of ether oxygens (including phenoxy) is 1. The van der Waals surface area contributed by atoms with Crippen LogP contribution >= 0.6 is 0 Å². The quantitative estimate of drug-likeness (QED) is 0.728. The van der Waals surface area contributed by atoms with Gasteiger partial charge in [-0.3, -0.25) is 4.68 Å². The highest BCUT2D eigenvalue weighted by molar-refractivity contribution is 5.54. The molecule has 4 rings (SSSR count). The Balaban J connectivity index is 1.73. The van der Waals surface area contributed by atoms with Crippen LogP contribution in [-0.4, -0.2) is 26.8 Å². The van der Waals surface area contributed by atoms with Gasteiger partial charge in [-0.1, -0.05) is 18.2 Å². The van der Waals surface area contributed by atoms with Gasteiger partial charge in [0.1, 0.15) is 24.0 Å². The molecule has 0 saturated heterocycles. The maximum absolute atomic E-state index is 5.98. The fourth-order valence-electron chi connectivity index (χ4n) is 3.52. The lowest BCUT2D eigenvalue weighted by atomic mass is 10.0. The van der Waals surface area contributed by atoms with E-state index >= 15 is 0 Å². The first-order valence-corrected chi connectivity index (χ1v) is 8.78. The normalized spacial score (nSPS) is 12.8. The Labute approximate surface area is 153 Å². The summed E-state index contributed by atoms with van der Waals surface area (Å²) in [6, 6.07) is 8.18. The van der Waals surface area contributed by atoms with E-state index in [1.54, 1.807) is 0 Å². The Kier molecular flexibility index (Phi) is 4.11. The van der Waals surface area contributed by atoms with Crippen LogP contribution in [-0.2, 0) is 26.6 Å². The molecule has 1 aliphatic heterocycles. The van der Waals surface area contributed by atoms with Crippen LogP contribution < -0.4 is 9.64 Å². The van der Waals surface area contributed by atoms with E-state index in [4.69, 9.17) is 9.72 Å². The molecule has 6 nitrogen and oxygen atoms in total. The van der Waals surface area contributed by atoms with Gasteiger partial charge in [0, 0.05) is 44.4 Å². The van der Waals surface area contributed by atoms with E-state index in [-0.39, 0.29) is 0 Å². The third-order valence-electron chi connectivity index (χ3n) is 4.77. The molecule has 0 fully saturated rings. The summed E-state index contributed by atoms with van der Waals surface area (Å²) < 4.78 is 7.84. The third kappa shape index (κ3) is 3.03. The molecule has 0 aliphatic carbocycles. The minimum atomic E-state index is 0.475. The van der Waals surface area contributed by atoms with Gasteiger partial charge in [-0.15, -0.1) is 0 Å². The van der Waals surface area contributed by atoms with Gasteiger partial charge < -0.3 is 9.64 Å². The highest BCUT2D eigenvalue weighted by Gasteiger charge is 2.22. The summed E-state index contributed by atoms with van der Waals surface area (Å²) in [4.78, 5) is 11.6. The van der Waals surface area contributed by atoms with Crippen molar-refractivity contribution in [3.05, 3.63) is 64.4 Å². The van der Waals surface area contributed by atoms with Crippen LogP contribution in [0.4, 0.5) is 5.82 Å². The Hall–Kier alpha value is -2.89. The number of aromatic nitrogens is 4. The lowest BCUT2D eigenvalue weighted by Crippen LogP contribution is -2.22. The standard InChI is InChI=1S/C20H23N5O/c1-13-16(11-25(4)23-13)10-24(3)20-17-9-15-7-5-6-8-19(15)26-12-18(17)21-14(2)22-20/h5-8,11H,9-10,12H2,1-4H3. The van der Waals surface area contributed by atoms with E-state index in [1.165, 1.54) is 11.1 Å². The van der Waals surface area contributed by atoms with Crippen LogP contribution in [0.1, 0.15) is 33.9 Å². The zero-order valence-corrected chi connectivity index (χ0v) is 15.7. The number of para-hydroxylation sites is 1. The molecule has 0 atom stereocenters. The van der Waals surface area contributed by atoms with Crippen molar-refractivity contribution in [3.63, 3.8) is 0 Å². The maximum Gasteiger partial charge on any atom is 0.136 e. The summed E-state index contributed by atoms with van der Waals surface area (Å²) in [5, 5.41) is 4.44. The number of hydrogen-bond acceptors (Lipinski definition) is 5. The SMILES string of the molecule is Cc1nc2c(c(N(C)Cc3cn(C)nc3C)n1)Cc1ccccc1OC2. The van der Waals surface area contributed by atoms with Gasteiger partial charge in [-0.05, 0) is 25.5 Å². The summed E-state index contributed by atoms with van der Waals surface area (Å²) in [7, 11) is 4.03. The van der Waals surface area contributed by atoms with E-state index < -0.39 is 0 Å². The molecule has 6 heteroatoms. The molecule has 1 aromatic carbocycles. The molecule has 0 radical (unpaired) electrons. The van der Waals surface area contributed by atoms with Gasteiger partial charge in [0.2, 0.25) is 0 Å². The highest BCUT2D eigenvalue weighted by Crippen LogP contribution is 2.32. The Morgan fingerprint density at radius 3 is 2.77 bits per heavy atom. The zero-order chi connectivity index (χ0) is 18.3. The number of benzene rings is 1. The summed E-state index contributed by atoms with van der Waals surface area (Å²) in [6.07, 6.45) is 2.84. The second-order valence-electron chi connectivity index (χ2n) is 6.86. The summed E-state index contributed by atoms with van der Waals surface area (Å²) in [6.45, 7) is 5.21. The van der Waals surface area contributed by atoms with Crippen molar-refractivity contribution in [2.45, 2.75) is 33.4 Å². The van der Waals surface area contributed by atoms with E-state index in [0.717, 1.165) is 47.3 Å². The van der Waals surface area contributed by atoms with Gasteiger partial charge in [-0.25, -0.2) is 9.97 Å².